The smallest absolute Gasteiger partial charge is 0.138 e. The third-order valence-electron chi connectivity index (χ3n) is 2.92. The molecule has 0 spiro atoms. The zero-order valence-electron chi connectivity index (χ0n) is 12.0. The van der Waals surface area contributed by atoms with E-state index in [-0.39, 0.29) is 0 Å². The molecular formula is C15H24ClNO2. The fourth-order valence-corrected chi connectivity index (χ4v) is 1.85. The Morgan fingerprint density at radius 1 is 1.26 bits per heavy atom. The van der Waals surface area contributed by atoms with E-state index in [1.54, 1.807) is 0 Å². The van der Waals surface area contributed by atoms with Gasteiger partial charge in [-0.3, -0.25) is 0 Å². The van der Waals surface area contributed by atoms with Crippen LogP contribution >= 0.6 is 11.6 Å². The molecule has 1 rings (SSSR count). The molecule has 1 atom stereocenters. The Labute approximate surface area is 121 Å². The molecule has 1 aromatic carbocycles. The van der Waals surface area contributed by atoms with E-state index in [0.29, 0.717) is 36.6 Å². The summed E-state index contributed by atoms with van der Waals surface area (Å²) in [4.78, 5) is 0. The van der Waals surface area contributed by atoms with Crippen molar-refractivity contribution in [1.82, 2.24) is 5.32 Å². The van der Waals surface area contributed by atoms with Gasteiger partial charge in [-0.1, -0.05) is 24.6 Å². The van der Waals surface area contributed by atoms with Crippen LogP contribution in [0.4, 0.5) is 0 Å². The normalized spacial score (nSPS) is 12.4. The lowest BCUT2D eigenvalue weighted by atomic mass is 10.2. The molecule has 0 aliphatic carbocycles. The van der Waals surface area contributed by atoms with Gasteiger partial charge in [0.2, 0.25) is 0 Å². The van der Waals surface area contributed by atoms with Gasteiger partial charge >= 0.3 is 0 Å². The van der Waals surface area contributed by atoms with Crippen LogP contribution in [-0.4, -0.2) is 32.4 Å². The summed E-state index contributed by atoms with van der Waals surface area (Å²) >= 11 is 6.07. The second-order valence-corrected chi connectivity index (χ2v) is 5.07. The first-order valence-electron chi connectivity index (χ1n) is 6.83. The van der Waals surface area contributed by atoms with Crippen molar-refractivity contribution < 1.29 is 9.47 Å². The second kappa shape index (κ2) is 9.18. The fraction of sp³-hybridized carbons (Fsp3) is 0.600. The molecule has 0 aliphatic heterocycles. The molecule has 19 heavy (non-hydrogen) atoms. The minimum absolute atomic E-state index is 0.520. The van der Waals surface area contributed by atoms with Gasteiger partial charge in [0.25, 0.3) is 0 Å². The van der Waals surface area contributed by atoms with Crippen molar-refractivity contribution >= 4 is 11.6 Å². The highest BCUT2D eigenvalue weighted by Crippen LogP contribution is 2.24. The Balaban J connectivity index is 2.07. The van der Waals surface area contributed by atoms with Crippen LogP contribution in [0.3, 0.4) is 0 Å². The summed E-state index contributed by atoms with van der Waals surface area (Å²) in [6.45, 7) is 9.01. The maximum Gasteiger partial charge on any atom is 0.138 e. The van der Waals surface area contributed by atoms with E-state index in [1.165, 1.54) is 0 Å². The number of hydrogen-bond donors (Lipinski definition) is 1. The molecule has 0 bridgehead atoms. The van der Waals surface area contributed by atoms with Crippen LogP contribution < -0.4 is 10.1 Å². The average Bonchev–Trinajstić information content (AvgIpc) is 2.39. The Kier molecular flexibility index (Phi) is 7.87. The van der Waals surface area contributed by atoms with Crippen molar-refractivity contribution in [2.24, 2.45) is 0 Å². The number of halogens is 1. The van der Waals surface area contributed by atoms with E-state index in [9.17, 15) is 0 Å². The summed E-state index contributed by atoms with van der Waals surface area (Å²) in [5.74, 6) is 0.716. The van der Waals surface area contributed by atoms with Crippen molar-refractivity contribution in [3.8, 4) is 5.75 Å². The van der Waals surface area contributed by atoms with Crippen LogP contribution in [0.1, 0.15) is 25.8 Å². The van der Waals surface area contributed by atoms with Crippen molar-refractivity contribution in [3.63, 3.8) is 0 Å². The highest BCUT2D eigenvalue weighted by atomic mass is 35.5. The molecule has 0 fully saturated rings. The predicted molar refractivity (Wildman–Crippen MR) is 80.3 cm³/mol. The third-order valence-corrected chi connectivity index (χ3v) is 3.22. The number of rotatable bonds is 9. The van der Waals surface area contributed by atoms with E-state index in [0.717, 1.165) is 18.5 Å². The second-order valence-electron chi connectivity index (χ2n) is 4.66. The van der Waals surface area contributed by atoms with E-state index in [2.05, 4.69) is 19.2 Å². The molecule has 108 valence electrons. The molecular weight excluding hydrogens is 262 g/mol. The van der Waals surface area contributed by atoms with Gasteiger partial charge in [0.05, 0.1) is 18.2 Å². The molecule has 0 unspecified atom stereocenters. The summed E-state index contributed by atoms with van der Waals surface area (Å²) in [5, 5.41) is 4.02. The van der Waals surface area contributed by atoms with Crippen LogP contribution in [0.15, 0.2) is 18.2 Å². The molecule has 4 heteroatoms. The highest BCUT2D eigenvalue weighted by Gasteiger charge is 2.01. The van der Waals surface area contributed by atoms with Gasteiger partial charge in [0, 0.05) is 12.6 Å². The minimum Gasteiger partial charge on any atom is -0.490 e. The number of hydrogen-bond acceptors (Lipinski definition) is 3. The van der Waals surface area contributed by atoms with Crippen molar-refractivity contribution in [2.75, 3.05) is 26.4 Å². The Hall–Kier alpha value is -0.770. The van der Waals surface area contributed by atoms with Gasteiger partial charge < -0.3 is 14.8 Å². The van der Waals surface area contributed by atoms with Crippen LogP contribution in [0.5, 0.6) is 5.75 Å². The number of ether oxygens (including phenoxy) is 2. The molecule has 3 nitrogen and oxygen atoms in total. The molecule has 0 saturated carbocycles. The first-order valence-corrected chi connectivity index (χ1v) is 7.21. The summed E-state index contributed by atoms with van der Waals surface area (Å²) in [6, 6.07) is 6.32. The summed E-state index contributed by atoms with van der Waals surface area (Å²) in [7, 11) is 0. The van der Waals surface area contributed by atoms with E-state index in [4.69, 9.17) is 21.1 Å². The molecule has 1 N–H and O–H groups in total. The number of nitrogens with one attached hydrogen (secondary N) is 1. The molecule has 0 radical (unpaired) electrons. The molecule has 1 aromatic rings. The number of aryl methyl sites for hydroxylation is 1. The zero-order valence-corrected chi connectivity index (χ0v) is 12.8. The van der Waals surface area contributed by atoms with Gasteiger partial charge in [-0.25, -0.2) is 0 Å². The topological polar surface area (TPSA) is 30.5 Å². The largest absolute Gasteiger partial charge is 0.490 e. The lowest BCUT2D eigenvalue weighted by molar-refractivity contribution is 0.100. The first kappa shape index (κ1) is 16.3. The molecule has 0 aliphatic rings. The van der Waals surface area contributed by atoms with Gasteiger partial charge in [0.15, 0.2) is 0 Å². The first-order chi connectivity index (χ1) is 9.13. The van der Waals surface area contributed by atoms with Gasteiger partial charge in [-0.2, -0.15) is 0 Å². The standard InChI is InChI=1S/C15H24ClNO2/c1-4-13(3)17-7-8-18-9-10-19-15-6-5-12(2)11-14(15)16/h5-6,11,13,17H,4,7-10H2,1-3H3/t13-/m0/s1. The van der Waals surface area contributed by atoms with Gasteiger partial charge in [-0.15, -0.1) is 0 Å². The lowest BCUT2D eigenvalue weighted by Crippen LogP contribution is -2.29. The Morgan fingerprint density at radius 2 is 2.05 bits per heavy atom. The Bertz CT molecular complexity index is 371. The molecule has 0 amide bonds. The van der Waals surface area contributed by atoms with E-state index >= 15 is 0 Å². The van der Waals surface area contributed by atoms with E-state index in [1.807, 2.05) is 25.1 Å². The fourth-order valence-electron chi connectivity index (χ4n) is 1.56. The van der Waals surface area contributed by atoms with E-state index < -0.39 is 0 Å². The lowest BCUT2D eigenvalue weighted by Gasteiger charge is -2.12. The van der Waals surface area contributed by atoms with Crippen LogP contribution in [-0.2, 0) is 4.74 Å². The molecule has 0 saturated heterocycles. The predicted octanol–water partition coefficient (Wildman–Crippen LogP) is 3.43. The van der Waals surface area contributed by atoms with Crippen molar-refractivity contribution in [1.29, 1.82) is 0 Å². The van der Waals surface area contributed by atoms with Gasteiger partial charge in [-0.05, 0) is 38.0 Å². The molecule has 0 heterocycles. The number of benzene rings is 1. The summed E-state index contributed by atoms with van der Waals surface area (Å²) in [6.07, 6.45) is 1.13. The zero-order chi connectivity index (χ0) is 14.1. The van der Waals surface area contributed by atoms with Crippen LogP contribution in [0, 0.1) is 6.92 Å². The highest BCUT2D eigenvalue weighted by molar-refractivity contribution is 6.32. The summed E-state index contributed by atoms with van der Waals surface area (Å²) < 4.78 is 11.0. The SMILES string of the molecule is CC[C@H](C)NCCOCCOc1ccc(C)cc1Cl. The van der Waals surface area contributed by atoms with Crippen molar-refractivity contribution in [3.05, 3.63) is 28.8 Å². The average molecular weight is 286 g/mol. The van der Waals surface area contributed by atoms with Crippen LogP contribution in [0.25, 0.3) is 0 Å². The van der Waals surface area contributed by atoms with Crippen LogP contribution in [0.2, 0.25) is 5.02 Å². The quantitative estimate of drug-likeness (QED) is 0.705. The third kappa shape index (κ3) is 6.81. The maximum absolute atomic E-state index is 6.07. The minimum atomic E-state index is 0.520. The summed E-state index contributed by atoms with van der Waals surface area (Å²) in [5.41, 5.74) is 1.13. The van der Waals surface area contributed by atoms with Crippen molar-refractivity contribution in [2.45, 2.75) is 33.2 Å². The Morgan fingerprint density at radius 3 is 2.74 bits per heavy atom. The monoisotopic (exact) mass is 285 g/mol. The van der Waals surface area contributed by atoms with Gasteiger partial charge in [0.1, 0.15) is 12.4 Å². The maximum atomic E-state index is 6.07. The molecule has 0 aromatic heterocycles.